The second-order valence-corrected chi connectivity index (χ2v) is 7.51. The van der Waals surface area contributed by atoms with Crippen LogP contribution in [0.5, 0.6) is 0 Å². The molecule has 2 aliphatic rings. The highest BCUT2D eigenvalue weighted by Crippen LogP contribution is 2.33. The fraction of sp³-hybridized carbons (Fsp3) is 0.444. The first-order valence-corrected chi connectivity index (χ1v) is 9.32. The monoisotopic (exact) mass is 344 g/mol. The van der Waals surface area contributed by atoms with Gasteiger partial charge in [0, 0.05) is 35.8 Å². The van der Waals surface area contributed by atoms with Gasteiger partial charge in [-0.3, -0.25) is 4.79 Å². The average molecular weight is 344 g/mol. The number of nitrogens with zero attached hydrogens (tertiary/aromatic N) is 2. The Kier molecular flexibility index (Phi) is 4.33. The van der Waals surface area contributed by atoms with Crippen molar-refractivity contribution < 1.29 is 14.1 Å². The third-order valence-corrected chi connectivity index (χ3v) is 6.02. The van der Waals surface area contributed by atoms with E-state index in [9.17, 15) is 4.79 Å². The Morgan fingerprint density at radius 1 is 1.33 bits per heavy atom. The van der Waals surface area contributed by atoms with Gasteiger partial charge in [0.05, 0.1) is 6.61 Å². The molecule has 1 amide bonds. The maximum atomic E-state index is 13.3. The van der Waals surface area contributed by atoms with Crippen molar-refractivity contribution in [3.05, 3.63) is 41.7 Å². The van der Waals surface area contributed by atoms with E-state index in [1.165, 1.54) is 0 Å². The molecule has 0 spiro atoms. The number of carbonyl (C=O) groups is 1. The summed E-state index contributed by atoms with van der Waals surface area (Å²) in [5.41, 5.74) is 2.14. The number of hydrogen-bond donors (Lipinski definition) is 0. The van der Waals surface area contributed by atoms with E-state index in [1.54, 1.807) is 0 Å². The number of amides is 1. The van der Waals surface area contributed by atoms with Gasteiger partial charge in [-0.05, 0) is 13.3 Å². The number of aryl methyl sites for hydroxylation is 1. The zero-order chi connectivity index (χ0) is 16.5. The van der Waals surface area contributed by atoms with Gasteiger partial charge in [0.1, 0.15) is 17.0 Å². The van der Waals surface area contributed by atoms with Crippen molar-refractivity contribution in [3.8, 4) is 11.3 Å². The molecule has 2 fully saturated rings. The number of hydrogen-bond acceptors (Lipinski definition) is 5. The summed E-state index contributed by atoms with van der Waals surface area (Å²) in [6.07, 6.45) is 0.897. The van der Waals surface area contributed by atoms with Crippen LogP contribution in [-0.2, 0) is 4.74 Å². The lowest BCUT2D eigenvalue weighted by Gasteiger charge is -2.43. The standard InChI is InChI=1S/C18H20N2O3S/c1-12-16(17(19-23-12)13-5-3-2-4-6-13)18(21)20-8-10-24-15-11-22-9-7-14(15)20/h2-6,14-15H,7-11H2,1H3. The molecule has 1 aromatic heterocycles. The van der Waals surface area contributed by atoms with Crippen LogP contribution in [0.1, 0.15) is 22.5 Å². The van der Waals surface area contributed by atoms with Gasteiger partial charge in [-0.15, -0.1) is 0 Å². The molecule has 3 heterocycles. The lowest BCUT2D eigenvalue weighted by molar-refractivity contribution is 0.0318. The van der Waals surface area contributed by atoms with Gasteiger partial charge in [-0.2, -0.15) is 11.8 Å². The predicted molar refractivity (Wildman–Crippen MR) is 93.2 cm³/mol. The molecule has 4 rings (SSSR count). The quantitative estimate of drug-likeness (QED) is 0.838. The van der Waals surface area contributed by atoms with E-state index in [0.717, 1.165) is 37.5 Å². The molecule has 0 saturated carbocycles. The van der Waals surface area contributed by atoms with Crippen LogP contribution in [0.4, 0.5) is 0 Å². The van der Waals surface area contributed by atoms with E-state index in [2.05, 4.69) is 5.16 Å². The lowest BCUT2D eigenvalue weighted by Crippen LogP contribution is -2.54. The van der Waals surface area contributed by atoms with Gasteiger partial charge in [-0.1, -0.05) is 35.5 Å². The van der Waals surface area contributed by atoms with Crippen LogP contribution in [0.2, 0.25) is 0 Å². The maximum Gasteiger partial charge on any atom is 0.260 e. The Bertz CT molecular complexity index is 729. The molecular weight excluding hydrogens is 324 g/mol. The highest BCUT2D eigenvalue weighted by molar-refractivity contribution is 8.00. The molecule has 1 aromatic carbocycles. The normalized spacial score (nSPS) is 23.8. The fourth-order valence-corrected chi connectivity index (χ4v) is 4.80. The molecule has 6 heteroatoms. The number of carbonyl (C=O) groups excluding carboxylic acids is 1. The van der Waals surface area contributed by atoms with Crippen LogP contribution in [0.25, 0.3) is 11.3 Å². The average Bonchev–Trinajstić information content (AvgIpc) is 3.03. The summed E-state index contributed by atoms with van der Waals surface area (Å²) in [6, 6.07) is 9.99. The second kappa shape index (κ2) is 6.61. The van der Waals surface area contributed by atoms with E-state index in [1.807, 2.05) is 53.9 Å². The van der Waals surface area contributed by atoms with Crippen molar-refractivity contribution in [3.63, 3.8) is 0 Å². The van der Waals surface area contributed by atoms with E-state index >= 15 is 0 Å². The first-order chi connectivity index (χ1) is 11.8. The SMILES string of the molecule is Cc1onc(-c2ccccc2)c1C(=O)N1CCSC2COCCC21. The molecule has 2 aliphatic heterocycles. The summed E-state index contributed by atoms with van der Waals surface area (Å²) in [5, 5.41) is 4.53. The van der Waals surface area contributed by atoms with Crippen molar-refractivity contribution in [1.29, 1.82) is 0 Å². The van der Waals surface area contributed by atoms with Crippen LogP contribution in [0, 0.1) is 6.92 Å². The Labute approximate surface area is 145 Å². The number of fused-ring (bicyclic) bond motifs is 1. The molecule has 0 radical (unpaired) electrons. The molecule has 126 valence electrons. The molecular formula is C18H20N2O3S. The fourth-order valence-electron chi connectivity index (χ4n) is 3.50. The smallest absolute Gasteiger partial charge is 0.260 e. The third-order valence-electron chi connectivity index (χ3n) is 4.72. The van der Waals surface area contributed by atoms with Crippen LogP contribution in [-0.4, -0.2) is 52.8 Å². The summed E-state index contributed by atoms with van der Waals surface area (Å²) >= 11 is 1.91. The minimum atomic E-state index is 0.0322. The molecule has 0 bridgehead atoms. The highest BCUT2D eigenvalue weighted by Gasteiger charge is 2.39. The lowest BCUT2D eigenvalue weighted by atomic mass is 10.0. The van der Waals surface area contributed by atoms with Crippen molar-refractivity contribution in [2.24, 2.45) is 0 Å². The Morgan fingerprint density at radius 3 is 3.00 bits per heavy atom. The Morgan fingerprint density at radius 2 is 2.17 bits per heavy atom. The van der Waals surface area contributed by atoms with E-state index in [-0.39, 0.29) is 11.9 Å². The van der Waals surface area contributed by atoms with Gasteiger partial charge in [0.25, 0.3) is 5.91 Å². The number of aromatic nitrogens is 1. The number of ether oxygens (including phenoxy) is 1. The summed E-state index contributed by atoms with van der Waals surface area (Å²) in [5.74, 6) is 1.56. The van der Waals surface area contributed by atoms with E-state index in [0.29, 0.717) is 22.3 Å². The van der Waals surface area contributed by atoms with Crippen molar-refractivity contribution >= 4 is 17.7 Å². The van der Waals surface area contributed by atoms with Gasteiger partial charge < -0.3 is 14.2 Å². The van der Waals surface area contributed by atoms with Gasteiger partial charge in [0.2, 0.25) is 0 Å². The van der Waals surface area contributed by atoms with Gasteiger partial charge in [0.15, 0.2) is 0 Å². The largest absolute Gasteiger partial charge is 0.380 e. The van der Waals surface area contributed by atoms with E-state index in [4.69, 9.17) is 9.26 Å². The van der Waals surface area contributed by atoms with E-state index < -0.39 is 0 Å². The second-order valence-electron chi connectivity index (χ2n) is 6.17. The predicted octanol–water partition coefficient (Wildman–Crippen LogP) is 3.00. The molecule has 2 atom stereocenters. The minimum absolute atomic E-state index is 0.0322. The molecule has 2 saturated heterocycles. The number of thioether (sulfide) groups is 1. The Balaban J connectivity index is 1.68. The van der Waals surface area contributed by atoms with Crippen LogP contribution in [0.3, 0.4) is 0 Å². The molecule has 2 unspecified atom stereocenters. The number of benzene rings is 1. The Hall–Kier alpha value is -1.79. The number of rotatable bonds is 2. The maximum absolute atomic E-state index is 13.3. The van der Waals surface area contributed by atoms with Crippen LogP contribution < -0.4 is 0 Å². The first kappa shape index (κ1) is 15.7. The van der Waals surface area contributed by atoms with Crippen molar-refractivity contribution in [2.75, 3.05) is 25.5 Å². The molecule has 2 aromatic rings. The molecule has 5 nitrogen and oxygen atoms in total. The minimum Gasteiger partial charge on any atom is -0.380 e. The van der Waals surface area contributed by atoms with Crippen molar-refractivity contribution in [2.45, 2.75) is 24.6 Å². The van der Waals surface area contributed by atoms with Crippen molar-refractivity contribution in [1.82, 2.24) is 10.1 Å². The van der Waals surface area contributed by atoms with Gasteiger partial charge >= 0.3 is 0 Å². The summed E-state index contributed by atoms with van der Waals surface area (Å²) in [7, 11) is 0. The van der Waals surface area contributed by atoms with Crippen LogP contribution in [0.15, 0.2) is 34.9 Å². The summed E-state index contributed by atoms with van der Waals surface area (Å²) in [4.78, 5) is 15.3. The summed E-state index contributed by atoms with van der Waals surface area (Å²) in [6.45, 7) is 4.03. The first-order valence-electron chi connectivity index (χ1n) is 8.27. The molecule has 0 aliphatic carbocycles. The highest BCUT2D eigenvalue weighted by atomic mass is 32.2. The molecule has 24 heavy (non-hydrogen) atoms. The van der Waals surface area contributed by atoms with Gasteiger partial charge in [-0.25, -0.2) is 0 Å². The zero-order valence-electron chi connectivity index (χ0n) is 13.6. The zero-order valence-corrected chi connectivity index (χ0v) is 14.4. The molecule has 0 N–H and O–H groups in total. The third kappa shape index (κ3) is 2.74. The summed E-state index contributed by atoms with van der Waals surface area (Å²) < 4.78 is 11.0. The van der Waals surface area contributed by atoms with Crippen LogP contribution >= 0.6 is 11.8 Å². The topological polar surface area (TPSA) is 55.6 Å².